The van der Waals surface area contributed by atoms with Gasteiger partial charge in [0.05, 0.1) is 9.90 Å². The Balaban J connectivity index is 2.44. The lowest BCUT2D eigenvalue weighted by Gasteiger charge is -2.13. The first-order valence-corrected chi connectivity index (χ1v) is 6.28. The Labute approximate surface area is 115 Å². The molecule has 19 heavy (non-hydrogen) atoms. The van der Waals surface area contributed by atoms with Crippen LogP contribution in [0.3, 0.4) is 0 Å². The Hall–Kier alpha value is -1.11. The molecule has 102 valence electrons. The smallest absolute Gasteiger partial charge is 0.383 e. The van der Waals surface area contributed by atoms with Gasteiger partial charge in [0.15, 0.2) is 0 Å². The number of aliphatic hydroxyl groups is 1. The molecule has 1 N–H and O–H groups in total. The molecule has 0 bridgehead atoms. The minimum absolute atomic E-state index is 0.281. The van der Waals surface area contributed by atoms with Crippen molar-refractivity contribution >= 4 is 22.9 Å². The molecule has 1 nitrogen and oxygen atoms in total. The number of thiophene rings is 1. The molecule has 0 saturated heterocycles. The minimum Gasteiger partial charge on any atom is -0.383 e. The molecule has 2 aromatic rings. The maximum Gasteiger partial charge on any atom is 0.416 e. The second-order valence-electron chi connectivity index (χ2n) is 3.78. The second-order valence-corrected chi connectivity index (χ2v) is 5.53. The molecule has 0 aliphatic rings. The van der Waals surface area contributed by atoms with Gasteiger partial charge in [-0.15, -0.1) is 11.3 Å². The summed E-state index contributed by atoms with van der Waals surface area (Å²) in [4.78, 5) is 0.281. The number of benzene rings is 1. The van der Waals surface area contributed by atoms with E-state index in [1.807, 2.05) is 0 Å². The van der Waals surface area contributed by atoms with E-state index in [0.717, 1.165) is 11.3 Å². The number of halogens is 5. The standard InChI is InChI=1S/C12H7ClF4OS/c13-10-4-3-9(19-10)11(18)7-5-6(12(15,16)17)1-2-8(7)14/h1-5,11,18H. The summed E-state index contributed by atoms with van der Waals surface area (Å²) < 4.78 is 51.5. The van der Waals surface area contributed by atoms with Crippen molar-refractivity contribution in [2.75, 3.05) is 0 Å². The molecule has 0 saturated carbocycles. The highest BCUT2D eigenvalue weighted by molar-refractivity contribution is 7.16. The fraction of sp³-hybridized carbons (Fsp3) is 0.167. The number of aliphatic hydroxyl groups excluding tert-OH is 1. The summed E-state index contributed by atoms with van der Waals surface area (Å²) in [6, 6.07) is 4.85. The first-order valence-electron chi connectivity index (χ1n) is 5.09. The molecule has 0 fully saturated rings. The van der Waals surface area contributed by atoms with Crippen molar-refractivity contribution in [3.05, 3.63) is 56.5 Å². The molecule has 0 aliphatic carbocycles. The van der Waals surface area contributed by atoms with Gasteiger partial charge in [0.1, 0.15) is 11.9 Å². The minimum atomic E-state index is -4.59. The van der Waals surface area contributed by atoms with Crippen molar-refractivity contribution in [2.24, 2.45) is 0 Å². The van der Waals surface area contributed by atoms with Crippen LogP contribution in [-0.4, -0.2) is 5.11 Å². The van der Waals surface area contributed by atoms with Gasteiger partial charge in [-0.25, -0.2) is 4.39 Å². The lowest BCUT2D eigenvalue weighted by molar-refractivity contribution is -0.137. The Kier molecular flexibility index (Phi) is 3.85. The average Bonchev–Trinajstić information content (AvgIpc) is 2.74. The molecule has 1 heterocycles. The zero-order chi connectivity index (χ0) is 14.2. The number of rotatable bonds is 2. The van der Waals surface area contributed by atoms with Gasteiger partial charge in [0, 0.05) is 10.4 Å². The molecule has 0 spiro atoms. The highest BCUT2D eigenvalue weighted by atomic mass is 35.5. The molecule has 0 aliphatic heterocycles. The molecule has 1 unspecified atom stereocenters. The van der Waals surface area contributed by atoms with Crippen LogP contribution in [0.4, 0.5) is 17.6 Å². The quantitative estimate of drug-likeness (QED) is 0.801. The van der Waals surface area contributed by atoms with E-state index in [0.29, 0.717) is 22.5 Å². The third kappa shape index (κ3) is 3.08. The summed E-state index contributed by atoms with van der Waals surface area (Å²) in [5.74, 6) is -0.898. The molecule has 0 amide bonds. The molecule has 0 radical (unpaired) electrons. The van der Waals surface area contributed by atoms with Crippen LogP contribution in [0.15, 0.2) is 30.3 Å². The molecule has 2 rings (SSSR count). The normalized spacial score (nSPS) is 13.6. The molecular formula is C12H7ClF4OS. The third-order valence-electron chi connectivity index (χ3n) is 2.48. The first-order chi connectivity index (χ1) is 8.79. The lowest BCUT2D eigenvalue weighted by Crippen LogP contribution is -2.08. The van der Waals surface area contributed by atoms with Crippen LogP contribution in [0, 0.1) is 5.82 Å². The van der Waals surface area contributed by atoms with E-state index in [9.17, 15) is 22.7 Å². The highest BCUT2D eigenvalue weighted by Crippen LogP contribution is 2.35. The zero-order valence-electron chi connectivity index (χ0n) is 9.21. The van der Waals surface area contributed by atoms with Crippen molar-refractivity contribution in [2.45, 2.75) is 12.3 Å². The topological polar surface area (TPSA) is 20.2 Å². The Morgan fingerprint density at radius 1 is 1.16 bits per heavy atom. The van der Waals surface area contributed by atoms with E-state index in [4.69, 9.17) is 11.6 Å². The van der Waals surface area contributed by atoms with E-state index < -0.39 is 29.2 Å². The first kappa shape index (κ1) is 14.3. The SMILES string of the molecule is OC(c1ccc(Cl)s1)c1cc(C(F)(F)F)ccc1F. The van der Waals surface area contributed by atoms with Crippen molar-refractivity contribution < 1.29 is 22.7 Å². The Bertz CT molecular complexity index is 594. The molecule has 1 atom stereocenters. The predicted molar refractivity (Wildman–Crippen MR) is 64.8 cm³/mol. The molecular weight excluding hydrogens is 304 g/mol. The van der Waals surface area contributed by atoms with Crippen LogP contribution in [-0.2, 0) is 6.18 Å². The predicted octanol–water partition coefficient (Wildman–Crippen LogP) is 4.64. The maximum atomic E-state index is 13.5. The highest BCUT2D eigenvalue weighted by Gasteiger charge is 2.32. The van der Waals surface area contributed by atoms with Gasteiger partial charge < -0.3 is 5.11 Å². The van der Waals surface area contributed by atoms with Crippen molar-refractivity contribution in [1.82, 2.24) is 0 Å². The van der Waals surface area contributed by atoms with Crippen molar-refractivity contribution in [3.8, 4) is 0 Å². The van der Waals surface area contributed by atoms with Crippen molar-refractivity contribution in [1.29, 1.82) is 0 Å². The second kappa shape index (κ2) is 5.11. The third-order valence-corrected chi connectivity index (χ3v) is 3.76. The summed E-state index contributed by atoms with van der Waals surface area (Å²) in [6.07, 6.45) is -6.06. The monoisotopic (exact) mass is 310 g/mol. The molecule has 7 heteroatoms. The number of hydrogen-bond donors (Lipinski definition) is 1. The average molecular weight is 311 g/mol. The fourth-order valence-electron chi connectivity index (χ4n) is 1.56. The Morgan fingerprint density at radius 3 is 2.37 bits per heavy atom. The summed E-state index contributed by atoms with van der Waals surface area (Å²) in [5, 5.41) is 9.92. The number of hydrogen-bond acceptors (Lipinski definition) is 2. The van der Waals surface area contributed by atoms with Gasteiger partial charge in [-0.2, -0.15) is 13.2 Å². The van der Waals surface area contributed by atoms with Gasteiger partial charge in [0.25, 0.3) is 0 Å². The van der Waals surface area contributed by atoms with Crippen LogP contribution in [0.25, 0.3) is 0 Å². The molecule has 1 aromatic carbocycles. The van der Waals surface area contributed by atoms with Crippen LogP contribution in [0.5, 0.6) is 0 Å². The summed E-state index contributed by atoms with van der Waals surface area (Å²) >= 11 is 6.65. The van der Waals surface area contributed by atoms with Gasteiger partial charge >= 0.3 is 6.18 Å². The Morgan fingerprint density at radius 2 is 1.84 bits per heavy atom. The van der Waals surface area contributed by atoms with E-state index in [1.54, 1.807) is 0 Å². The van der Waals surface area contributed by atoms with Crippen LogP contribution < -0.4 is 0 Å². The van der Waals surface area contributed by atoms with E-state index in [2.05, 4.69) is 0 Å². The zero-order valence-corrected chi connectivity index (χ0v) is 10.8. The fourth-order valence-corrected chi connectivity index (χ4v) is 2.62. The van der Waals surface area contributed by atoms with E-state index >= 15 is 0 Å². The van der Waals surface area contributed by atoms with Gasteiger partial charge in [-0.05, 0) is 30.3 Å². The van der Waals surface area contributed by atoms with E-state index in [1.165, 1.54) is 12.1 Å². The van der Waals surface area contributed by atoms with Gasteiger partial charge in [-0.1, -0.05) is 11.6 Å². The van der Waals surface area contributed by atoms with Crippen molar-refractivity contribution in [3.63, 3.8) is 0 Å². The maximum absolute atomic E-state index is 13.5. The summed E-state index contributed by atoms with van der Waals surface area (Å²) in [5.41, 5.74) is -1.43. The van der Waals surface area contributed by atoms with Crippen LogP contribution in [0.2, 0.25) is 4.34 Å². The number of alkyl halides is 3. The molecule has 1 aromatic heterocycles. The summed E-state index contributed by atoms with van der Waals surface area (Å²) in [6.45, 7) is 0. The van der Waals surface area contributed by atoms with Crippen LogP contribution >= 0.6 is 22.9 Å². The van der Waals surface area contributed by atoms with Gasteiger partial charge in [-0.3, -0.25) is 0 Å². The van der Waals surface area contributed by atoms with Crippen LogP contribution in [0.1, 0.15) is 22.1 Å². The van der Waals surface area contributed by atoms with Gasteiger partial charge in [0.2, 0.25) is 0 Å². The largest absolute Gasteiger partial charge is 0.416 e. The van der Waals surface area contributed by atoms with E-state index in [-0.39, 0.29) is 4.88 Å². The lowest BCUT2D eigenvalue weighted by atomic mass is 10.0. The summed E-state index contributed by atoms with van der Waals surface area (Å²) in [7, 11) is 0.